The molecule has 0 radical (unpaired) electrons. The third-order valence-corrected chi connectivity index (χ3v) is 6.60. The van der Waals surface area contributed by atoms with Crippen molar-refractivity contribution in [2.24, 2.45) is 4.99 Å². The van der Waals surface area contributed by atoms with Crippen LogP contribution in [-0.2, 0) is 4.74 Å². The maximum Gasteiger partial charge on any atom is 0.157 e. The van der Waals surface area contributed by atoms with E-state index < -0.39 is 0 Å². The third kappa shape index (κ3) is 3.17. The number of thioether (sulfide) groups is 2. The van der Waals surface area contributed by atoms with Crippen molar-refractivity contribution in [3.63, 3.8) is 0 Å². The van der Waals surface area contributed by atoms with Crippen LogP contribution in [0.5, 0.6) is 0 Å². The van der Waals surface area contributed by atoms with Gasteiger partial charge in [0.15, 0.2) is 5.17 Å². The van der Waals surface area contributed by atoms with Crippen LogP contribution in [0.2, 0.25) is 0 Å². The molecule has 3 aliphatic rings. The normalized spacial score (nSPS) is 33.8. The van der Waals surface area contributed by atoms with Crippen molar-refractivity contribution in [1.29, 1.82) is 0 Å². The predicted octanol–water partition coefficient (Wildman–Crippen LogP) is 2.51. The van der Waals surface area contributed by atoms with Crippen LogP contribution < -0.4 is 5.32 Å². The molecule has 5 heteroatoms. The number of ether oxygens (including phenoxy) is 1. The Morgan fingerprint density at radius 2 is 2.22 bits per heavy atom. The Hall–Kier alpha value is 0.130. The molecule has 3 fully saturated rings. The highest BCUT2D eigenvalue weighted by Gasteiger charge is 2.38. The van der Waals surface area contributed by atoms with Crippen molar-refractivity contribution < 1.29 is 4.74 Å². The molecule has 3 aliphatic heterocycles. The molecule has 0 aromatic rings. The SMILES string of the molecule is C1CCC(CN=C2NC3(CCOCC3)CS2)SC1. The summed E-state index contributed by atoms with van der Waals surface area (Å²) in [5.41, 5.74) is 0.293. The molecule has 1 atom stereocenters. The van der Waals surface area contributed by atoms with Gasteiger partial charge in [-0.05, 0) is 31.4 Å². The molecule has 0 saturated carbocycles. The van der Waals surface area contributed by atoms with Gasteiger partial charge in [0.25, 0.3) is 0 Å². The van der Waals surface area contributed by atoms with E-state index in [1.807, 2.05) is 11.8 Å². The molecule has 1 spiro atoms. The van der Waals surface area contributed by atoms with E-state index in [-0.39, 0.29) is 0 Å². The number of aliphatic imine (C=N–C) groups is 1. The monoisotopic (exact) mass is 286 g/mol. The van der Waals surface area contributed by atoms with E-state index >= 15 is 0 Å². The average Bonchev–Trinajstić information content (AvgIpc) is 2.82. The minimum absolute atomic E-state index is 0.293. The fourth-order valence-corrected chi connectivity index (χ4v) is 5.20. The molecule has 3 rings (SSSR count). The smallest absolute Gasteiger partial charge is 0.157 e. The minimum Gasteiger partial charge on any atom is -0.381 e. The van der Waals surface area contributed by atoms with Gasteiger partial charge in [-0.1, -0.05) is 18.2 Å². The summed E-state index contributed by atoms with van der Waals surface area (Å²) in [6.45, 7) is 2.81. The van der Waals surface area contributed by atoms with Gasteiger partial charge in [-0.2, -0.15) is 11.8 Å². The van der Waals surface area contributed by atoms with Crippen LogP contribution in [0, 0.1) is 0 Å². The Bertz CT molecular complexity index is 310. The second kappa shape index (κ2) is 6.06. The van der Waals surface area contributed by atoms with Gasteiger partial charge in [0.05, 0.1) is 12.1 Å². The molecular weight excluding hydrogens is 264 g/mol. The fourth-order valence-electron chi connectivity index (χ4n) is 2.76. The van der Waals surface area contributed by atoms with E-state index in [4.69, 9.17) is 9.73 Å². The Balaban J connectivity index is 1.51. The summed E-state index contributed by atoms with van der Waals surface area (Å²) in [6.07, 6.45) is 6.41. The first-order valence-electron chi connectivity index (χ1n) is 7.01. The Morgan fingerprint density at radius 1 is 1.33 bits per heavy atom. The zero-order valence-corrected chi connectivity index (χ0v) is 12.5. The first-order valence-corrected chi connectivity index (χ1v) is 9.05. The average molecular weight is 286 g/mol. The van der Waals surface area contributed by atoms with Crippen molar-refractivity contribution in [2.45, 2.75) is 42.9 Å². The van der Waals surface area contributed by atoms with E-state index in [9.17, 15) is 0 Å². The number of nitrogens with zero attached hydrogens (tertiary/aromatic N) is 1. The second-order valence-corrected chi connectivity index (χ2v) is 7.81. The predicted molar refractivity (Wildman–Crippen MR) is 80.8 cm³/mol. The Labute approximate surface area is 118 Å². The van der Waals surface area contributed by atoms with Crippen LogP contribution in [-0.4, -0.2) is 47.2 Å². The highest BCUT2D eigenvalue weighted by molar-refractivity contribution is 8.14. The molecule has 102 valence electrons. The van der Waals surface area contributed by atoms with Gasteiger partial charge in [0.1, 0.15) is 0 Å². The van der Waals surface area contributed by atoms with Crippen LogP contribution in [0.1, 0.15) is 32.1 Å². The molecule has 1 unspecified atom stereocenters. The zero-order chi connectivity index (χ0) is 12.3. The van der Waals surface area contributed by atoms with Gasteiger partial charge in [0.2, 0.25) is 0 Å². The number of rotatable bonds is 2. The van der Waals surface area contributed by atoms with Crippen LogP contribution >= 0.6 is 23.5 Å². The number of hydrogen-bond acceptors (Lipinski definition) is 4. The quantitative estimate of drug-likeness (QED) is 0.846. The molecular formula is C13H22N2OS2. The van der Waals surface area contributed by atoms with Crippen LogP contribution in [0.3, 0.4) is 0 Å². The minimum atomic E-state index is 0.293. The molecule has 3 saturated heterocycles. The molecule has 1 N–H and O–H groups in total. The molecule has 0 aliphatic carbocycles. The molecule has 0 bridgehead atoms. The Kier molecular flexibility index (Phi) is 4.42. The van der Waals surface area contributed by atoms with E-state index in [0.29, 0.717) is 5.54 Å². The van der Waals surface area contributed by atoms with Gasteiger partial charge >= 0.3 is 0 Å². The number of amidine groups is 1. The summed E-state index contributed by atoms with van der Waals surface area (Å²) < 4.78 is 5.45. The molecule has 0 amide bonds. The number of hydrogen-bond donors (Lipinski definition) is 1. The topological polar surface area (TPSA) is 33.6 Å². The van der Waals surface area contributed by atoms with Gasteiger partial charge in [-0.15, -0.1) is 0 Å². The van der Waals surface area contributed by atoms with Crippen molar-refractivity contribution in [2.75, 3.05) is 31.3 Å². The summed E-state index contributed by atoms with van der Waals surface area (Å²) in [5.74, 6) is 2.50. The summed E-state index contributed by atoms with van der Waals surface area (Å²) in [5, 5.41) is 5.62. The molecule has 18 heavy (non-hydrogen) atoms. The van der Waals surface area contributed by atoms with Crippen molar-refractivity contribution in [3.8, 4) is 0 Å². The zero-order valence-electron chi connectivity index (χ0n) is 10.8. The van der Waals surface area contributed by atoms with E-state index in [0.717, 1.165) is 37.9 Å². The van der Waals surface area contributed by atoms with Crippen LogP contribution in [0.15, 0.2) is 4.99 Å². The van der Waals surface area contributed by atoms with E-state index in [1.54, 1.807) is 0 Å². The van der Waals surface area contributed by atoms with Gasteiger partial charge in [-0.25, -0.2) is 0 Å². The summed E-state index contributed by atoms with van der Waals surface area (Å²) in [7, 11) is 0. The lowest BCUT2D eigenvalue weighted by Gasteiger charge is -2.32. The lowest BCUT2D eigenvalue weighted by molar-refractivity contribution is 0.0555. The Morgan fingerprint density at radius 3 is 3.00 bits per heavy atom. The molecule has 3 heterocycles. The summed E-state index contributed by atoms with van der Waals surface area (Å²) >= 11 is 4.02. The highest BCUT2D eigenvalue weighted by atomic mass is 32.2. The summed E-state index contributed by atoms with van der Waals surface area (Å²) in [6, 6.07) is 0. The van der Waals surface area contributed by atoms with Crippen molar-refractivity contribution >= 4 is 28.7 Å². The maximum atomic E-state index is 5.45. The summed E-state index contributed by atoms with van der Waals surface area (Å²) in [4.78, 5) is 4.80. The van der Waals surface area contributed by atoms with Crippen molar-refractivity contribution in [1.82, 2.24) is 5.32 Å². The lowest BCUT2D eigenvalue weighted by atomic mass is 9.93. The lowest BCUT2D eigenvalue weighted by Crippen LogP contribution is -2.48. The molecule has 0 aromatic heterocycles. The van der Waals surface area contributed by atoms with Crippen LogP contribution in [0.25, 0.3) is 0 Å². The number of nitrogens with one attached hydrogen (secondary N) is 1. The highest BCUT2D eigenvalue weighted by Crippen LogP contribution is 2.32. The molecule has 0 aromatic carbocycles. The van der Waals surface area contributed by atoms with Gasteiger partial charge in [-0.3, -0.25) is 4.99 Å². The standard InChI is InChI=1S/C13H22N2OS2/c1-2-8-17-11(3-1)9-14-12-15-13(10-18-12)4-6-16-7-5-13/h11H,1-10H2,(H,14,15). The first kappa shape index (κ1) is 13.1. The van der Waals surface area contributed by atoms with E-state index in [2.05, 4.69) is 17.1 Å². The van der Waals surface area contributed by atoms with Gasteiger partial charge < -0.3 is 10.1 Å². The fraction of sp³-hybridized carbons (Fsp3) is 0.923. The largest absolute Gasteiger partial charge is 0.381 e. The van der Waals surface area contributed by atoms with E-state index in [1.165, 1.54) is 35.9 Å². The molecule has 3 nitrogen and oxygen atoms in total. The maximum absolute atomic E-state index is 5.45. The van der Waals surface area contributed by atoms with Crippen LogP contribution in [0.4, 0.5) is 0 Å². The van der Waals surface area contributed by atoms with Crippen molar-refractivity contribution in [3.05, 3.63) is 0 Å². The second-order valence-electron chi connectivity index (χ2n) is 5.44. The van der Waals surface area contributed by atoms with Gasteiger partial charge in [0, 0.05) is 24.2 Å². The third-order valence-electron chi connectivity index (χ3n) is 4.02. The first-order chi connectivity index (χ1) is 8.86.